The predicted octanol–water partition coefficient (Wildman–Crippen LogP) is 3.51. The summed E-state index contributed by atoms with van der Waals surface area (Å²) >= 11 is 17.3. The van der Waals surface area contributed by atoms with Gasteiger partial charge in [0, 0.05) is 30.5 Å². The van der Waals surface area contributed by atoms with E-state index in [1.165, 1.54) is 0 Å². The average molecular weight is 362 g/mol. The van der Waals surface area contributed by atoms with Gasteiger partial charge in [-0.15, -0.1) is 34.8 Å². The van der Waals surface area contributed by atoms with Crippen molar-refractivity contribution in [2.24, 2.45) is 5.16 Å². The molecular weight excluding hydrogens is 347 g/mol. The smallest absolute Gasteiger partial charge is 0.367 e. The molecule has 0 unspecified atom stereocenters. The van der Waals surface area contributed by atoms with E-state index in [9.17, 15) is 4.79 Å². The number of halogens is 3. The molecule has 0 N–H and O–H groups in total. The van der Waals surface area contributed by atoms with Gasteiger partial charge in [0.2, 0.25) is 0 Å². The van der Waals surface area contributed by atoms with Gasteiger partial charge < -0.3 is 9.74 Å². The number of carbonyl (C=O) groups is 1. The third-order valence-electron chi connectivity index (χ3n) is 3.17. The zero-order valence-corrected chi connectivity index (χ0v) is 14.0. The SMILES string of the molecule is O=C1ON=C(CCl)C1=Cc1ccc(N(CCCl)CCCl)cc1. The third kappa shape index (κ3) is 4.15. The number of benzene rings is 1. The zero-order chi connectivity index (χ0) is 15.9. The molecule has 0 radical (unpaired) electrons. The molecule has 0 spiro atoms. The molecule has 1 aromatic carbocycles. The molecule has 1 aliphatic heterocycles. The van der Waals surface area contributed by atoms with Gasteiger partial charge >= 0.3 is 5.97 Å². The van der Waals surface area contributed by atoms with Crippen LogP contribution in [0.15, 0.2) is 35.0 Å². The molecule has 1 aliphatic rings. The molecule has 2 rings (SSSR count). The molecule has 0 saturated carbocycles. The van der Waals surface area contributed by atoms with E-state index in [-0.39, 0.29) is 5.88 Å². The van der Waals surface area contributed by atoms with Gasteiger partial charge in [-0.1, -0.05) is 17.3 Å². The van der Waals surface area contributed by atoms with Crippen molar-refractivity contribution in [2.75, 3.05) is 35.6 Å². The van der Waals surface area contributed by atoms with E-state index < -0.39 is 5.97 Å². The van der Waals surface area contributed by atoms with Crippen LogP contribution in [0.25, 0.3) is 6.08 Å². The topological polar surface area (TPSA) is 41.9 Å². The van der Waals surface area contributed by atoms with Gasteiger partial charge in [0.1, 0.15) is 5.71 Å². The van der Waals surface area contributed by atoms with Gasteiger partial charge in [0.15, 0.2) is 0 Å². The Morgan fingerprint density at radius 3 is 2.27 bits per heavy atom. The molecule has 118 valence electrons. The van der Waals surface area contributed by atoms with Crippen LogP contribution < -0.4 is 4.90 Å². The summed E-state index contributed by atoms with van der Waals surface area (Å²) in [5.41, 5.74) is 2.73. The minimum absolute atomic E-state index is 0.134. The predicted molar refractivity (Wildman–Crippen MR) is 92.3 cm³/mol. The Labute approximate surface area is 144 Å². The summed E-state index contributed by atoms with van der Waals surface area (Å²) in [6, 6.07) is 7.75. The van der Waals surface area contributed by atoms with Crippen LogP contribution in [0.3, 0.4) is 0 Å². The second-order valence-electron chi connectivity index (χ2n) is 4.56. The lowest BCUT2D eigenvalue weighted by molar-refractivity contribution is -0.136. The lowest BCUT2D eigenvalue weighted by Crippen LogP contribution is -2.27. The highest BCUT2D eigenvalue weighted by Crippen LogP contribution is 2.20. The summed E-state index contributed by atoms with van der Waals surface area (Å²) < 4.78 is 0. The summed E-state index contributed by atoms with van der Waals surface area (Å²) in [5.74, 6) is 0.717. The van der Waals surface area contributed by atoms with E-state index >= 15 is 0 Å². The van der Waals surface area contributed by atoms with Gasteiger partial charge in [-0.05, 0) is 23.8 Å². The molecule has 1 heterocycles. The number of carbonyl (C=O) groups excluding carboxylic acids is 1. The van der Waals surface area contributed by atoms with Crippen molar-refractivity contribution in [1.82, 2.24) is 0 Å². The summed E-state index contributed by atoms with van der Waals surface area (Å²) in [5, 5.41) is 3.64. The first kappa shape index (κ1) is 17.1. The number of anilines is 1. The molecule has 7 heteroatoms. The van der Waals surface area contributed by atoms with E-state index in [2.05, 4.69) is 14.9 Å². The first-order chi connectivity index (χ1) is 10.7. The summed E-state index contributed by atoms with van der Waals surface area (Å²) in [6.45, 7) is 1.45. The van der Waals surface area contributed by atoms with Crippen molar-refractivity contribution in [3.05, 3.63) is 35.4 Å². The molecular formula is C15H15Cl3N2O2. The fourth-order valence-corrected chi connectivity index (χ4v) is 2.67. The Hall–Kier alpha value is -1.23. The quantitative estimate of drug-likeness (QED) is 0.424. The Morgan fingerprint density at radius 1 is 1.09 bits per heavy atom. The number of rotatable bonds is 7. The standard InChI is InChI=1S/C15H15Cl3N2O2/c16-5-7-20(8-6-17)12-3-1-11(2-4-12)9-13-14(10-18)19-22-15(13)21/h1-4,9H,5-8,10H2. The van der Waals surface area contributed by atoms with Crippen molar-refractivity contribution in [3.63, 3.8) is 0 Å². The van der Waals surface area contributed by atoms with Crippen LogP contribution in [0.4, 0.5) is 5.69 Å². The highest BCUT2D eigenvalue weighted by Gasteiger charge is 2.24. The van der Waals surface area contributed by atoms with Crippen LogP contribution in [0, 0.1) is 0 Å². The minimum Gasteiger partial charge on any atom is -0.369 e. The summed E-state index contributed by atoms with van der Waals surface area (Å²) in [7, 11) is 0. The lowest BCUT2D eigenvalue weighted by Gasteiger charge is -2.22. The first-order valence-electron chi connectivity index (χ1n) is 6.72. The normalized spacial score (nSPS) is 15.9. The largest absolute Gasteiger partial charge is 0.369 e. The van der Waals surface area contributed by atoms with Crippen molar-refractivity contribution >= 4 is 58.2 Å². The molecule has 0 fully saturated rings. The maximum Gasteiger partial charge on any atom is 0.367 e. The fourth-order valence-electron chi connectivity index (χ4n) is 2.07. The second kappa shape index (κ2) is 8.42. The minimum atomic E-state index is -0.481. The average Bonchev–Trinajstić information content (AvgIpc) is 2.88. The first-order valence-corrected chi connectivity index (χ1v) is 8.33. The van der Waals surface area contributed by atoms with Crippen LogP contribution in [0.1, 0.15) is 5.56 Å². The second-order valence-corrected chi connectivity index (χ2v) is 5.59. The van der Waals surface area contributed by atoms with E-state index in [4.69, 9.17) is 34.8 Å². The Morgan fingerprint density at radius 2 is 1.73 bits per heavy atom. The molecule has 1 aromatic rings. The maximum atomic E-state index is 11.6. The number of hydrogen-bond acceptors (Lipinski definition) is 4. The van der Waals surface area contributed by atoms with Crippen molar-refractivity contribution in [3.8, 4) is 0 Å². The molecule has 0 amide bonds. The van der Waals surface area contributed by atoms with Gasteiger partial charge in [-0.2, -0.15) is 0 Å². The van der Waals surface area contributed by atoms with Crippen LogP contribution >= 0.6 is 34.8 Å². The van der Waals surface area contributed by atoms with E-state index in [0.717, 1.165) is 24.3 Å². The molecule has 0 aliphatic carbocycles. The number of hydrogen-bond donors (Lipinski definition) is 0. The molecule has 0 bridgehead atoms. The fraction of sp³-hybridized carbons (Fsp3) is 0.333. The summed E-state index contributed by atoms with van der Waals surface area (Å²) in [6.07, 6.45) is 1.72. The monoisotopic (exact) mass is 360 g/mol. The molecule has 22 heavy (non-hydrogen) atoms. The number of alkyl halides is 3. The van der Waals surface area contributed by atoms with E-state index in [1.807, 2.05) is 24.3 Å². The van der Waals surface area contributed by atoms with Gasteiger partial charge in [0.25, 0.3) is 0 Å². The lowest BCUT2D eigenvalue weighted by atomic mass is 10.1. The molecule has 0 atom stereocenters. The van der Waals surface area contributed by atoms with Crippen molar-refractivity contribution in [1.29, 1.82) is 0 Å². The summed E-state index contributed by atoms with van der Waals surface area (Å²) in [4.78, 5) is 18.3. The van der Waals surface area contributed by atoms with Crippen molar-refractivity contribution in [2.45, 2.75) is 0 Å². The Balaban J connectivity index is 2.18. The Kier molecular flexibility index (Phi) is 6.55. The zero-order valence-electron chi connectivity index (χ0n) is 11.8. The third-order valence-corrected chi connectivity index (χ3v) is 3.77. The number of nitrogens with zero attached hydrogens (tertiary/aromatic N) is 2. The highest BCUT2D eigenvalue weighted by molar-refractivity contribution is 6.38. The maximum absolute atomic E-state index is 11.6. The molecule has 4 nitrogen and oxygen atoms in total. The van der Waals surface area contributed by atoms with Crippen molar-refractivity contribution < 1.29 is 9.63 Å². The van der Waals surface area contributed by atoms with Crippen LogP contribution in [-0.4, -0.2) is 42.4 Å². The molecule has 0 aromatic heterocycles. The van der Waals surface area contributed by atoms with E-state index in [1.54, 1.807) is 6.08 Å². The van der Waals surface area contributed by atoms with E-state index in [0.29, 0.717) is 23.0 Å². The van der Waals surface area contributed by atoms with Crippen LogP contribution in [0.5, 0.6) is 0 Å². The highest BCUT2D eigenvalue weighted by atomic mass is 35.5. The molecule has 0 saturated heterocycles. The van der Waals surface area contributed by atoms with Gasteiger partial charge in [-0.25, -0.2) is 4.79 Å². The van der Waals surface area contributed by atoms with Gasteiger partial charge in [0.05, 0.1) is 11.5 Å². The van der Waals surface area contributed by atoms with Gasteiger partial charge in [-0.3, -0.25) is 0 Å². The van der Waals surface area contributed by atoms with Crippen LogP contribution in [0.2, 0.25) is 0 Å². The number of oxime groups is 1. The van der Waals surface area contributed by atoms with Crippen LogP contribution in [-0.2, 0) is 9.63 Å². The Bertz CT molecular complexity index is 579.